The number of nitrogens with zero attached hydrogens (tertiary/aromatic N) is 4. The molecular formula is C31H26Cl2N4O2. The Hall–Kier alpha value is -3.97. The van der Waals surface area contributed by atoms with Crippen LogP contribution in [0.25, 0.3) is 11.3 Å². The first-order valence-electron chi connectivity index (χ1n) is 12.4. The van der Waals surface area contributed by atoms with Crippen molar-refractivity contribution in [1.82, 2.24) is 20.1 Å². The fourth-order valence-corrected chi connectivity index (χ4v) is 4.66. The average Bonchev–Trinajstić information content (AvgIpc) is 2.96. The monoisotopic (exact) mass is 556 g/mol. The van der Waals surface area contributed by atoms with E-state index in [1.54, 1.807) is 12.1 Å². The maximum atomic E-state index is 9.74. The number of halogens is 2. The highest BCUT2D eigenvalue weighted by molar-refractivity contribution is 6.37. The molecule has 0 bridgehead atoms. The van der Waals surface area contributed by atoms with Crippen molar-refractivity contribution in [3.8, 4) is 23.0 Å². The van der Waals surface area contributed by atoms with E-state index in [1.165, 1.54) is 22.9 Å². The number of hydrogen-bond acceptors (Lipinski definition) is 6. The minimum atomic E-state index is -0.172. The molecule has 0 amide bonds. The van der Waals surface area contributed by atoms with Crippen LogP contribution in [0.2, 0.25) is 10.0 Å². The third-order valence-electron chi connectivity index (χ3n) is 6.15. The quantitative estimate of drug-likeness (QED) is 0.194. The van der Waals surface area contributed by atoms with Crippen LogP contribution in [0, 0.1) is 0 Å². The van der Waals surface area contributed by atoms with E-state index >= 15 is 0 Å². The molecule has 4 aromatic carbocycles. The summed E-state index contributed by atoms with van der Waals surface area (Å²) in [6.07, 6.45) is 1.53. The predicted octanol–water partition coefficient (Wildman–Crippen LogP) is 7.33. The van der Waals surface area contributed by atoms with Crippen molar-refractivity contribution in [2.24, 2.45) is 0 Å². The summed E-state index contributed by atoms with van der Waals surface area (Å²) in [4.78, 5) is 6.67. The molecule has 0 atom stereocenters. The highest BCUT2D eigenvalue weighted by Gasteiger charge is 2.11. The van der Waals surface area contributed by atoms with Gasteiger partial charge in [-0.3, -0.25) is 4.90 Å². The van der Waals surface area contributed by atoms with Gasteiger partial charge in [-0.05, 0) is 34.4 Å². The molecule has 1 heterocycles. The van der Waals surface area contributed by atoms with Crippen LogP contribution in [0.3, 0.4) is 0 Å². The SMILES string of the molecule is Oc1c(Cl)cc(-c2cnc(OCc3ccc(CN(Cc4ccccc4)Cc4ccccc4)cc3)nn2)cc1Cl. The van der Waals surface area contributed by atoms with Gasteiger partial charge in [-0.2, -0.15) is 0 Å². The second kappa shape index (κ2) is 12.7. The van der Waals surface area contributed by atoms with Crippen LogP contribution < -0.4 is 4.74 Å². The molecule has 0 radical (unpaired) electrons. The lowest BCUT2D eigenvalue weighted by Crippen LogP contribution is -2.22. The van der Waals surface area contributed by atoms with Crippen LogP contribution in [0.15, 0.2) is 103 Å². The van der Waals surface area contributed by atoms with Gasteiger partial charge in [0.25, 0.3) is 0 Å². The van der Waals surface area contributed by atoms with E-state index in [0.29, 0.717) is 17.9 Å². The van der Waals surface area contributed by atoms with Gasteiger partial charge in [-0.15, -0.1) is 5.10 Å². The molecule has 0 saturated heterocycles. The number of phenols is 1. The Morgan fingerprint density at radius 1 is 0.667 bits per heavy atom. The van der Waals surface area contributed by atoms with Crippen LogP contribution in [0.1, 0.15) is 22.3 Å². The number of aromatic hydroxyl groups is 1. The summed E-state index contributed by atoms with van der Waals surface area (Å²) < 4.78 is 5.74. The van der Waals surface area contributed by atoms with Gasteiger partial charge in [0.05, 0.1) is 16.2 Å². The summed E-state index contributed by atoms with van der Waals surface area (Å²) in [5, 5.41) is 18.2. The maximum Gasteiger partial charge on any atom is 0.336 e. The number of hydrogen-bond donors (Lipinski definition) is 1. The molecule has 0 unspecified atom stereocenters. The van der Waals surface area contributed by atoms with Crippen molar-refractivity contribution < 1.29 is 9.84 Å². The predicted molar refractivity (Wildman–Crippen MR) is 154 cm³/mol. The highest BCUT2D eigenvalue weighted by atomic mass is 35.5. The largest absolute Gasteiger partial charge is 0.505 e. The molecule has 5 rings (SSSR count). The van der Waals surface area contributed by atoms with E-state index in [-0.39, 0.29) is 21.8 Å². The molecule has 5 aromatic rings. The van der Waals surface area contributed by atoms with Gasteiger partial charge in [0.2, 0.25) is 0 Å². The smallest absolute Gasteiger partial charge is 0.336 e. The minimum absolute atomic E-state index is 0.131. The molecule has 8 heteroatoms. The van der Waals surface area contributed by atoms with Crippen molar-refractivity contribution in [3.63, 3.8) is 0 Å². The summed E-state index contributed by atoms with van der Waals surface area (Å²) in [5.41, 5.74) is 5.86. The zero-order valence-electron chi connectivity index (χ0n) is 21.0. The van der Waals surface area contributed by atoms with Crippen molar-refractivity contribution in [3.05, 3.63) is 136 Å². The Morgan fingerprint density at radius 3 is 1.69 bits per heavy atom. The third-order valence-corrected chi connectivity index (χ3v) is 6.72. The molecule has 0 aliphatic rings. The molecular weight excluding hydrogens is 531 g/mol. The van der Waals surface area contributed by atoms with E-state index in [9.17, 15) is 5.11 Å². The standard InChI is InChI=1S/C31H26Cl2N4O2/c32-27-15-26(16-28(33)30(27)38)29-17-34-31(36-35-29)39-21-25-13-11-24(12-14-25)20-37(18-22-7-3-1-4-8-22)19-23-9-5-2-6-10-23/h1-17,38H,18-21H2. The summed E-state index contributed by atoms with van der Waals surface area (Å²) in [7, 11) is 0. The van der Waals surface area contributed by atoms with Crippen LogP contribution in [-0.4, -0.2) is 25.2 Å². The van der Waals surface area contributed by atoms with Gasteiger partial charge < -0.3 is 9.84 Å². The Bertz CT molecular complexity index is 1440. The topological polar surface area (TPSA) is 71.4 Å². The zero-order chi connectivity index (χ0) is 27.0. The molecule has 0 saturated carbocycles. The zero-order valence-corrected chi connectivity index (χ0v) is 22.6. The Kier molecular flexibility index (Phi) is 8.68. The molecule has 0 aliphatic heterocycles. The molecule has 196 valence electrons. The molecule has 0 aliphatic carbocycles. The maximum absolute atomic E-state index is 9.74. The van der Waals surface area contributed by atoms with Crippen molar-refractivity contribution >= 4 is 23.2 Å². The fraction of sp³-hybridized carbons (Fsp3) is 0.129. The summed E-state index contributed by atoms with van der Waals surface area (Å²) >= 11 is 12.0. The van der Waals surface area contributed by atoms with Gasteiger partial charge >= 0.3 is 6.01 Å². The lowest BCUT2D eigenvalue weighted by atomic mass is 10.1. The number of ether oxygens (including phenoxy) is 1. The van der Waals surface area contributed by atoms with Crippen molar-refractivity contribution in [2.45, 2.75) is 26.2 Å². The highest BCUT2D eigenvalue weighted by Crippen LogP contribution is 2.35. The summed E-state index contributed by atoms with van der Waals surface area (Å²) in [6.45, 7) is 2.87. The van der Waals surface area contributed by atoms with Gasteiger partial charge in [0.1, 0.15) is 12.3 Å². The number of aromatic nitrogens is 3. The van der Waals surface area contributed by atoms with E-state index in [2.05, 4.69) is 92.9 Å². The first-order valence-corrected chi connectivity index (χ1v) is 13.2. The van der Waals surface area contributed by atoms with E-state index in [1.807, 2.05) is 12.1 Å². The number of benzene rings is 4. The Labute approximate surface area is 237 Å². The van der Waals surface area contributed by atoms with E-state index in [0.717, 1.165) is 25.2 Å². The number of rotatable bonds is 10. The molecule has 1 N–H and O–H groups in total. The van der Waals surface area contributed by atoms with E-state index in [4.69, 9.17) is 27.9 Å². The minimum Gasteiger partial charge on any atom is -0.505 e. The fourth-order valence-electron chi connectivity index (χ4n) is 4.17. The van der Waals surface area contributed by atoms with Gasteiger partial charge in [0.15, 0.2) is 5.75 Å². The summed E-state index contributed by atoms with van der Waals surface area (Å²) in [6, 6.07) is 32.7. The molecule has 0 fully saturated rings. The van der Waals surface area contributed by atoms with E-state index < -0.39 is 0 Å². The Balaban J connectivity index is 1.20. The average molecular weight is 557 g/mol. The van der Waals surface area contributed by atoms with Crippen LogP contribution >= 0.6 is 23.2 Å². The lowest BCUT2D eigenvalue weighted by Gasteiger charge is -2.23. The first kappa shape index (κ1) is 26.6. The second-order valence-electron chi connectivity index (χ2n) is 9.14. The molecule has 6 nitrogen and oxygen atoms in total. The van der Waals surface area contributed by atoms with Crippen LogP contribution in [0.4, 0.5) is 0 Å². The number of phenolic OH excluding ortho intramolecular Hbond substituents is 1. The van der Waals surface area contributed by atoms with Crippen LogP contribution in [0.5, 0.6) is 11.8 Å². The normalized spacial score (nSPS) is 11.1. The third kappa shape index (κ3) is 7.33. The molecule has 1 aromatic heterocycles. The van der Waals surface area contributed by atoms with Crippen molar-refractivity contribution in [1.29, 1.82) is 0 Å². The lowest BCUT2D eigenvalue weighted by molar-refractivity contribution is 0.247. The van der Waals surface area contributed by atoms with Gasteiger partial charge in [0, 0.05) is 25.2 Å². The molecule has 0 spiro atoms. The molecule has 39 heavy (non-hydrogen) atoms. The summed E-state index contributed by atoms with van der Waals surface area (Å²) in [5.74, 6) is -0.172. The Morgan fingerprint density at radius 2 is 1.18 bits per heavy atom. The van der Waals surface area contributed by atoms with Crippen LogP contribution in [-0.2, 0) is 26.2 Å². The van der Waals surface area contributed by atoms with Crippen molar-refractivity contribution in [2.75, 3.05) is 0 Å². The first-order chi connectivity index (χ1) is 19.0. The van der Waals surface area contributed by atoms with Gasteiger partial charge in [-0.25, -0.2) is 4.98 Å². The van der Waals surface area contributed by atoms with Gasteiger partial charge in [-0.1, -0.05) is 113 Å². The second-order valence-corrected chi connectivity index (χ2v) is 9.95.